The topological polar surface area (TPSA) is 0 Å². The Kier molecular flexibility index (Phi) is 3.16. The molecule has 3 aromatic rings. The summed E-state index contributed by atoms with van der Waals surface area (Å²) in [5.41, 5.74) is 4.26. The lowest BCUT2D eigenvalue weighted by atomic mass is 9.96. The Morgan fingerprint density at radius 2 is 1.58 bits per heavy atom. The van der Waals surface area contributed by atoms with Crippen molar-refractivity contribution in [2.45, 2.75) is 27.2 Å². The lowest BCUT2D eigenvalue weighted by Gasteiger charge is -2.09. The summed E-state index contributed by atoms with van der Waals surface area (Å²) < 4.78 is 0. The van der Waals surface area contributed by atoms with Crippen LogP contribution in [0.1, 0.15) is 26.4 Å². The minimum atomic E-state index is 1.04. The highest BCUT2D eigenvalue weighted by Crippen LogP contribution is 2.28. The second kappa shape index (κ2) is 4.82. The lowest BCUT2D eigenvalue weighted by Crippen LogP contribution is -1.91. The third-order valence-corrected chi connectivity index (χ3v) is 4.77. The molecule has 0 unspecified atom stereocenters. The maximum atomic E-state index is 2.33. The smallest absolute Gasteiger partial charge is 0.00524 e. The van der Waals surface area contributed by atoms with Crippen LogP contribution in [0.3, 0.4) is 0 Å². The van der Waals surface area contributed by atoms with Crippen molar-refractivity contribution in [3.8, 4) is 0 Å². The van der Waals surface area contributed by atoms with Crippen LogP contribution in [0.5, 0.6) is 0 Å². The number of benzene rings is 2. The second-order valence-electron chi connectivity index (χ2n) is 5.20. The minimum Gasteiger partial charge on any atom is -0.146 e. The van der Waals surface area contributed by atoms with Crippen LogP contribution in [-0.4, -0.2) is 0 Å². The predicted octanol–water partition coefficient (Wildman–Crippen LogP) is 5.42. The van der Waals surface area contributed by atoms with Gasteiger partial charge in [-0.3, -0.25) is 0 Å². The molecule has 0 bridgehead atoms. The fraction of sp³-hybridized carbons (Fsp3) is 0.222. The first kappa shape index (κ1) is 12.4. The van der Waals surface area contributed by atoms with Crippen LogP contribution in [-0.2, 0) is 6.42 Å². The van der Waals surface area contributed by atoms with Crippen LogP contribution >= 0.6 is 11.3 Å². The van der Waals surface area contributed by atoms with Crippen LogP contribution in [0.15, 0.2) is 42.5 Å². The molecule has 1 heteroatoms. The minimum absolute atomic E-state index is 1.04. The van der Waals surface area contributed by atoms with Gasteiger partial charge in [-0.2, -0.15) is 0 Å². The molecule has 0 atom stereocenters. The summed E-state index contributed by atoms with van der Waals surface area (Å²) in [6.45, 7) is 6.60. The highest BCUT2D eigenvalue weighted by Gasteiger charge is 2.07. The van der Waals surface area contributed by atoms with Gasteiger partial charge in [-0.1, -0.05) is 36.4 Å². The fourth-order valence-electron chi connectivity index (χ4n) is 2.73. The summed E-state index contributed by atoms with van der Waals surface area (Å²) in [6.07, 6.45) is 1.04. The fourth-order valence-corrected chi connectivity index (χ4v) is 3.68. The van der Waals surface area contributed by atoms with E-state index >= 15 is 0 Å². The molecule has 0 amide bonds. The predicted molar refractivity (Wildman–Crippen MR) is 85.3 cm³/mol. The average molecular weight is 266 g/mol. The molecule has 1 aromatic heterocycles. The lowest BCUT2D eigenvalue weighted by molar-refractivity contribution is 1.20. The quantitative estimate of drug-likeness (QED) is 0.581. The first-order chi connectivity index (χ1) is 9.15. The van der Waals surface area contributed by atoms with Gasteiger partial charge in [0.15, 0.2) is 0 Å². The molecule has 3 rings (SSSR count). The Bertz CT molecular complexity index is 735. The molecule has 0 aliphatic rings. The van der Waals surface area contributed by atoms with Crippen molar-refractivity contribution in [2.75, 3.05) is 0 Å². The Labute approximate surface area is 118 Å². The molecule has 0 aliphatic heterocycles. The number of hydrogen-bond acceptors (Lipinski definition) is 1. The Morgan fingerprint density at radius 3 is 2.26 bits per heavy atom. The van der Waals surface area contributed by atoms with E-state index in [2.05, 4.69) is 63.2 Å². The zero-order valence-corrected chi connectivity index (χ0v) is 12.5. The van der Waals surface area contributed by atoms with Crippen molar-refractivity contribution in [3.63, 3.8) is 0 Å². The van der Waals surface area contributed by atoms with E-state index in [0.717, 1.165) is 6.42 Å². The summed E-state index contributed by atoms with van der Waals surface area (Å²) in [6, 6.07) is 15.6. The van der Waals surface area contributed by atoms with Crippen LogP contribution in [0.4, 0.5) is 0 Å². The molecule has 0 saturated carbocycles. The van der Waals surface area contributed by atoms with E-state index in [-0.39, 0.29) is 0 Å². The zero-order chi connectivity index (χ0) is 13.4. The van der Waals surface area contributed by atoms with Gasteiger partial charge in [-0.15, -0.1) is 11.3 Å². The van der Waals surface area contributed by atoms with Gasteiger partial charge >= 0.3 is 0 Å². The SMILES string of the molecule is Cc1cc(Cc2ccc(C)c3ccccc23)c(C)s1. The van der Waals surface area contributed by atoms with E-state index in [4.69, 9.17) is 0 Å². The number of fused-ring (bicyclic) bond motifs is 1. The van der Waals surface area contributed by atoms with Gasteiger partial charge in [0.2, 0.25) is 0 Å². The second-order valence-corrected chi connectivity index (χ2v) is 6.66. The van der Waals surface area contributed by atoms with E-state index in [1.807, 2.05) is 11.3 Å². The number of thiophene rings is 1. The molecule has 2 aromatic carbocycles. The van der Waals surface area contributed by atoms with Gasteiger partial charge in [0.1, 0.15) is 0 Å². The molecule has 1 heterocycles. The van der Waals surface area contributed by atoms with Crippen molar-refractivity contribution in [1.82, 2.24) is 0 Å². The molecule has 0 saturated heterocycles. The van der Waals surface area contributed by atoms with E-state index < -0.39 is 0 Å². The first-order valence-electron chi connectivity index (χ1n) is 6.68. The van der Waals surface area contributed by atoms with Crippen molar-refractivity contribution in [3.05, 3.63) is 68.9 Å². The maximum Gasteiger partial charge on any atom is 0.00524 e. The van der Waals surface area contributed by atoms with Crippen molar-refractivity contribution >= 4 is 22.1 Å². The third-order valence-electron chi connectivity index (χ3n) is 3.76. The monoisotopic (exact) mass is 266 g/mol. The largest absolute Gasteiger partial charge is 0.146 e. The van der Waals surface area contributed by atoms with Gasteiger partial charge in [-0.05, 0) is 60.7 Å². The highest BCUT2D eigenvalue weighted by molar-refractivity contribution is 7.12. The molecular weight excluding hydrogens is 248 g/mol. The summed E-state index contributed by atoms with van der Waals surface area (Å²) in [4.78, 5) is 2.85. The van der Waals surface area contributed by atoms with E-state index in [9.17, 15) is 0 Å². The summed E-state index contributed by atoms with van der Waals surface area (Å²) in [5.74, 6) is 0. The Balaban J connectivity index is 2.11. The van der Waals surface area contributed by atoms with Gasteiger partial charge < -0.3 is 0 Å². The van der Waals surface area contributed by atoms with E-state index in [0.29, 0.717) is 0 Å². The van der Waals surface area contributed by atoms with Gasteiger partial charge in [0.05, 0.1) is 0 Å². The van der Waals surface area contributed by atoms with Crippen LogP contribution in [0.2, 0.25) is 0 Å². The highest BCUT2D eigenvalue weighted by atomic mass is 32.1. The normalized spacial score (nSPS) is 11.1. The molecule has 0 fully saturated rings. The van der Waals surface area contributed by atoms with E-state index in [1.54, 1.807) is 0 Å². The first-order valence-corrected chi connectivity index (χ1v) is 7.50. The van der Waals surface area contributed by atoms with Gasteiger partial charge in [-0.25, -0.2) is 0 Å². The number of hydrogen-bond donors (Lipinski definition) is 0. The third kappa shape index (κ3) is 2.31. The van der Waals surface area contributed by atoms with Crippen molar-refractivity contribution < 1.29 is 0 Å². The average Bonchev–Trinajstić information content (AvgIpc) is 2.72. The van der Waals surface area contributed by atoms with Crippen LogP contribution in [0, 0.1) is 20.8 Å². The summed E-state index contributed by atoms with van der Waals surface area (Å²) >= 11 is 1.90. The Hall–Kier alpha value is -1.60. The van der Waals surface area contributed by atoms with Crippen LogP contribution < -0.4 is 0 Å². The molecule has 0 nitrogen and oxygen atoms in total. The molecule has 0 spiro atoms. The molecule has 0 aliphatic carbocycles. The number of rotatable bonds is 2. The van der Waals surface area contributed by atoms with Crippen molar-refractivity contribution in [2.24, 2.45) is 0 Å². The molecule has 0 N–H and O–H groups in total. The zero-order valence-electron chi connectivity index (χ0n) is 11.7. The maximum absolute atomic E-state index is 2.33. The van der Waals surface area contributed by atoms with E-state index in [1.165, 1.54) is 37.2 Å². The van der Waals surface area contributed by atoms with Crippen LogP contribution in [0.25, 0.3) is 10.8 Å². The summed E-state index contributed by atoms with van der Waals surface area (Å²) in [7, 11) is 0. The summed E-state index contributed by atoms with van der Waals surface area (Å²) in [5, 5.41) is 2.77. The number of aryl methyl sites for hydroxylation is 3. The van der Waals surface area contributed by atoms with Crippen molar-refractivity contribution in [1.29, 1.82) is 0 Å². The van der Waals surface area contributed by atoms with Gasteiger partial charge in [0, 0.05) is 9.75 Å². The molecule has 19 heavy (non-hydrogen) atoms. The molecule has 0 radical (unpaired) electrons. The standard InChI is InChI=1S/C18H18S/c1-12-8-9-15(18-7-5-4-6-17(12)18)11-16-10-13(2)19-14(16)3/h4-10H,11H2,1-3H3. The molecule has 96 valence electrons. The van der Waals surface area contributed by atoms with Gasteiger partial charge in [0.25, 0.3) is 0 Å². The Morgan fingerprint density at radius 1 is 0.842 bits per heavy atom. The molecular formula is C18H18S.